The third-order valence-corrected chi connectivity index (χ3v) is 9.15. The molecule has 0 aliphatic rings. The summed E-state index contributed by atoms with van der Waals surface area (Å²) < 4.78 is 19.8. The van der Waals surface area contributed by atoms with Gasteiger partial charge in [0.05, 0.1) is 0 Å². The van der Waals surface area contributed by atoms with Crippen molar-refractivity contribution in [2.75, 3.05) is 19.8 Å². The normalized spacial score (nSPS) is 12.7. The zero-order valence-corrected chi connectivity index (χ0v) is 24.3. The Morgan fingerprint density at radius 1 is 0.559 bits per heavy atom. The van der Waals surface area contributed by atoms with E-state index in [4.69, 9.17) is 13.6 Å². The van der Waals surface area contributed by atoms with E-state index in [1.54, 1.807) is 0 Å². The Labute approximate surface area is 213 Å². The molecule has 0 amide bonds. The molecule has 0 heterocycles. The van der Waals surface area contributed by atoms with Crippen LogP contribution in [-0.4, -0.2) is 19.8 Å². The summed E-state index contributed by atoms with van der Waals surface area (Å²) in [6.07, 6.45) is 17.3. The predicted molar refractivity (Wildman–Crippen MR) is 152 cm³/mol. The van der Waals surface area contributed by atoms with E-state index in [9.17, 15) is 0 Å². The molecule has 0 saturated carbocycles. The summed E-state index contributed by atoms with van der Waals surface area (Å²) in [7, 11) is -2.91. The summed E-state index contributed by atoms with van der Waals surface area (Å²) in [5.41, 5.74) is 0. The molecule has 0 N–H and O–H groups in total. The zero-order chi connectivity index (χ0) is 24.9. The Morgan fingerprint density at radius 3 is 1.41 bits per heavy atom. The zero-order valence-electron chi connectivity index (χ0n) is 23.3. The topological polar surface area (TPSA) is 27.7 Å². The van der Waals surface area contributed by atoms with Crippen molar-refractivity contribution in [3.05, 3.63) is 30.3 Å². The quantitative estimate of drug-likeness (QED) is 0.111. The third kappa shape index (κ3) is 15.5. The van der Waals surface area contributed by atoms with Crippen LogP contribution in [0.2, 0.25) is 0 Å². The fourth-order valence-electron chi connectivity index (χ4n) is 4.18. The van der Waals surface area contributed by atoms with Crippen LogP contribution in [0, 0.1) is 11.8 Å². The van der Waals surface area contributed by atoms with Crippen molar-refractivity contribution in [3.63, 3.8) is 0 Å². The molecule has 0 saturated heterocycles. The molecule has 0 aromatic heterocycles. The molecular formula is C30H57O3P. The number of unbranched alkanes of at least 4 members (excludes halogenated alkanes) is 9. The summed E-state index contributed by atoms with van der Waals surface area (Å²) in [6.45, 7) is 13.6. The second kappa shape index (κ2) is 20.7. The Balaban J connectivity index is 2.70. The first kappa shape index (κ1) is 31.6. The Morgan fingerprint density at radius 2 is 0.971 bits per heavy atom. The summed E-state index contributed by atoms with van der Waals surface area (Å²) in [5, 5.41) is 1.12. The molecular weight excluding hydrogens is 439 g/mol. The molecule has 0 aliphatic carbocycles. The first-order valence-electron chi connectivity index (χ1n) is 14.5. The van der Waals surface area contributed by atoms with Gasteiger partial charge in [0.2, 0.25) is 0 Å². The van der Waals surface area contributed by atoms with Gasteiger partial charge < -0.3 is 0 Å². The van der Waals surface area contributed by atoms with Crippen LogP contribution in [-0.2, 0) is 13.6 Å². The molecule has 200 valence electrons. The van der Waals surface area contributed by atoms with E-state index in [2.05, 4.69) is 65.0 Å². The van der Waals surface area contributed by atoms with Crippen LogP contribution < -0.4 is 5.30 Å². The number of hydrogen-bond acceptors (Lipinski definition) is 3. The molecule has 0 bridgehead atoms. The van der Waals surface area contributed by atoms with E-state index >= 15 is 0 Å². The van der Waals surface area contributed by atoms with E-state index in [-0.39, 0.29) is 0 Å². The van der Waals surface area contributed by atoms with Gasteiger partial charge in [0.25, 0.3) is 0 Å². The van der Waals surface area contributed by atoms with Crippen molar-refractivity contribution in [2.24, 2.45) is 11.8 Å². The molecule has 0 fully saturated rings. The summed E-state index contributed by atoms with van der Waals surface area (Å²) >= 11 is 0. The average Bonchev–Trinajstić information content (AvgIpc) is 2.82. The molecule has 34 heavy (non-hydrogen) atoms. The third-order valence-electron chi connectivity index (χ3n) is 6.35. The molecule has 0 unspecified atom stereocenters. The van der Waals surface area contributed by atoms with Crippen molar-refractivity contribution in [3.8, 4) is 0 Å². The monoisotopic (exact) mass is 496 g/mol. The number of rotatable bonds is 23. The number of hydrogen-bond donors (Lipinski definition) is 0. The van der Waals surface area contributed by atoms with Crippen molar-refractivity contribution in [1.82, 2.24) is 0 Å². The molecule has 0 aliphatic heterocycles. The van der Waals surface area contributed by atoms with Gasteiger partial charge in [0.15, 0.2) is 0 Å². The van der Waals surface area contributed by atoms with Crippen LogP contribution >= 0.6 is 7.94 Å². The number of benzene rings is 1. The van der Waals surface area contributed by atoms with Crippen molar-refractivity contribution in [1.29, 1.82) is 0 Å². The minimum atomic E-state index is -2.91. The van der Waals surface area contributed by atoms with Gasteiger partial charge >= 0.3 is 213 Å². The van der Waals surface area contributed by atoms with Crippen LogP contribution in [0.4, 0.5) is 0 Å². The molecule has 1 aromatic rings. The molecule has 0 radical (unpaired) electrons. The van der Waals surface area contributed by atoms with Gasteiger partial charge in [0.1, 0.15) is 0 Å². The minimum absolute atomic E-state index is 0.725. The molecule has 0 atom stereocenters. The maximum atomic E-state index is 6.61. The van der Waals surface area contributed by atoms with E-state index in [0.29, 0.717) is 0 Å². The van der Waals surface area contributed by atoms with E-state index in [0.717, 1.165) is 56.2 Å². The standard InChI is InChI=1S/C30H57O3P/c1-6-7-8-9-10-18-25-31-34(30-23-16-11-17-24-30,32-26-19-12-14-21-28(2)3)33-27-20-13-15-22-29(4)5/h11,16-17,23-24,28-29,34H,6-10,12-15,18-22,25-27H2,1-5H3. The predicted octanol–water partition coefficient (Wildman–Crippen LogP) is 9.65. The maximum absolute atomic E-state index is 6.61. The van der Waals surface area contributed by atoms with Crippen molar-refractivity contribution < 1.29 is 13.6 Å². The van der Waals surface area contributed by atoms with Crippen molar-refractivity contribution in [2.45, 2.75) is 125 Å². The fraction of sp³-hybridized carbons (Fsp3) is 0.800. The summed E-state index contributed by atoms with van der Waals surface area (Å²) in [4.78, 5) is 0. The Bertz CT molecular complexity index is 541. The van der Waals surface area contributed by atoms with Crippen LogP contribution in [0.3, 0.4) is 0 Å². The van der Waals surface area contributed by atoms with Gasteiger partial charge in [-0.3, -0.25) is 0 Å². The molecule has 3 nitrogen and oxygen atoms in total. The van der Waals surface area contributed by atoms with Gasteiger partial charge in [-0.1, -0.05) is 0 Å². The van der Waals surface area contributed by atoms with E-state index in [1.807, 2.05) is 0 Å². The van der Waals surface area contributed by atoms with Crippen LogP contribution in [0.25, 0.3) is 0 Å². The van der Waals surface area contributed by atoms with E-state index < -0.39 is 7.94 Å². The van der Waals surface area contributed by atoms with Gasteiger partial charge in [-0.2, -0.15) is 0 Å². The molecule has 0 spiro atoms. The molecule has 1 aromatic carbocycles. The van der Waals surface area contributed by atoms with E-state index in [1.165, 1.54) is 70.6 Å². The van der Waals surface area contributed by atoms with Gasteiger partial charge in [-0.15, -0.1) is 0 Å². The first-order valence-corrected chi connectivity index (χ1v) is 16.2. The molecule has 4 heteroatoms. The van der Waals surface area contributed by atoms with Crippen LogP contribution in [0.5, 0.6) is 0 Å². The fourth-order valence-corrected chi connectivity index (χ4v) is 6.77. The second-order valence-electron chi connectivity index (χ2n) is 10.7. The first-order chi connectivity index (χ1) is 16.5. The SMILES string of the molecule is CCCCCCCCO[PH](OCCCCCC(C)C)(OCCCCCC(C)C)c1ccccc1. The summed E-state index contributed by atoms with van der Waals surface area (Å²) in [6, 6.07) is 10.5. The molecule has 1 rings (SSSR count). The second-order valence-corrected chi connectivity index (χ2v) is 13.3. The Kier molecular flexibility index (Phi) is 19.2. The van der Waals surface area contributed by atoms with Gasteiger partial charge in [0, 0.05) is 0 Å². The Hall–Kier alpha value is -0.470. The van der Waals surface area contributed by atoms with Gasteiger partial charge in [-0.05, 0) is 0 Å². The van der Waals surface area contributed by atoms with Gasteiger partial charge in [-0.25, -0.2) is 0 Å². The van der Waals surface area contributed by atoms with Crippen LogP contribution in [0.1, 0.15) is 125 Å². The van der Waals surface area contributed by atoms with Crippen molar-refractivity contribution >= 4 is 13.2 Å². The summed E-state index contributed by atoms with van der Waals surface area (Å²) in [5.74, 6) is 1.55. The van der Waals surface area contributed by atoms with Crippen LogP contribution in [0.15, 0.2) is 30.3 Å². The average molecular weight is 497 g/mol.